The van der Waals surface area contributed by atoms with Crippen LogP contribution in [0.3, 0.4) is 0 Å². The molecule has 0 unspecified atom stereocenters. The Labute approximate surface area is 124 Å². The van der Waals surface area contributed by atoms with Crippen molar-refractivity contribution in [1.29, 1.82) is 0 Å². The van der Waals surface area contributed by atoms with E-state index in [0.29, 0.717) is 10.0 Å². The summed E-state index contributed by atoms with van der Waals surface area (Å²) in [7, 11) is -3.66. The van der Waals surface area contributed by atoms with Gasteiger partial charge in [0.1, 0.15) is 5.75 Å². The highest BCUT2D eigenvalue weighted by atomic mass is 79.9. The van der Waals surface area contributed by atoms with Gasteiger partial charge in [-0.05, 0) is 24.6 Å². The summed E-state index contributed by atoms with van der Waals surface area (Å²) in [6.45, 7) is 1.71. The summed E-state index contributed by atoms with van der Waals surface area (Å²) in [4.78, 5) is 22.0. The van der Waals surface area contributed by atoms with Gasteiger partial charge in [-0.1, -0.05) is 22.0 Å². The van der Waals surface area contributed by atoms with E-state index in [2.05, 4.69) is 20.7 Å². The number of carboxylic acid groups (broad SMARTS) is 1. The van der Waals surface area contributed by atoms with E-state index in [9.17, 15) is 18.0 Å². The van der Waals surface area contributed by atoms with Crippen molar-refractivity contribution in [3.8, 4) is 0 Å². The maximum absolute atomic E-state index is 11.8. The number of hydrogen-bond acceptors (Lipinski definition) is 5. The minimum absolute atomic E-state index is 0.0448. The Morgan fingerprint density at radius 1 is 1.35 bits per heavy atom. The van der Waals surface area contributed by atoms with Crippen LogP contribution in [0.25, 0.3) is 0 Å². The van der Waals surface area contributed by atoms with E-state index in [0.717, 1.165) is 0 Å². The molecular weight excluding hydrogens is 352 g/mol. The SMILES string of the molecule is CCOC(=O)CS(=O)(=O)Cc1ccc(C(=O)O)cc1Br. The molecule has 0 heterocycles. The molecule has 0 radical (unpaired) electrons. The number of rotatable bonds is 6. The molecule has 1 rings (SSSR count). The van der Waals surface area contributed by atoms with E-state index >= 15 is 0 Å². The zero-order chi connectivity index (χ0) is 15.3. The van der Waals surface area contributed by atoms with Crippen molar-refractivity contribution in [3.05, 3.63) is 33.8 Å². The number of esters is 1. The van der Waals surface area contributed by atoms with Crippen molar-refractivity contribution in [1.82, 2.24) is 0 Å². The number of carbonyl (C=O) groups excluding carboxylic acids is 1. The van der Waals surface area contributed by atoms with E-state index in [4.69, 9.17) is 5.11 Å². The first-order chi connectivity index (χ1) is 9.25. The summed E-state index contributed by atoms with van der Waals surface area (Å²) in [6.07, 6.45) is 0. The molecule has 0 aliphatic rings. The average molecular weight is 365 g/mol. The Hall–Kier alpha value is -1.41. The van der Waals surface area contributed by atoms with Crippen LogP contribution in [0.5, 0.6) is 0 Å². The second-order valence-corrected chi connectivity index (χ2v) is 6.87. The molecule has 1 aromatic carbocycles. The molecule has 20 heavy (non-hydrogen) atoms. The molecule has 110 valence electrons. The molecule has 0 fully saturated rings. The molecular formula is C12H13BrO6S. The fourth-order valence-corrected chi connectivity index (χ4v) is 3.44. The lowest BCUT2D eigenvalue weighted by Gasteiger charge is -2.07. The van der Waals surface area contributed by atoms with Crippen LogP contribution in [0, 0.1) is 0 Å². The number of aromatic carboxylic acids is 1. The van der Waals surface area contributed by atoms with Gasteiger partial charge in [0, 0.05) is 4.47 Å². The smallest absolute Gasteiger partial charge is 0.335 e. The van der Waals surface area contributed by atoms with Crippen molar-refractivity contribution < 1.29 is 27.9 Å². The Morgan fingerprint density at radius 2 is 2.00 bits per heavy atom. The zero-order valence-electron chi connectivity index (χ0n) is 10.6. The number of ether oxygens (including phenoxy) is 1. The van der Waals surface area contributed by atoms with E-state index < -0.39 is 27.5 Å². The van der Waals surface area contributed by atoms with Crippen LogP contribution in [0.15, 0.2) is 22.7 Å². The van der Waals surface area contributed by atoms with Crippen LogP contribution < -0.4 is 0 Å². The van der Waals surface area contributed by atoms with Crippen LogP contribution in [-0.4, -0.2) is 37.8 Å². The summed E-state index contributed by atoms with van der Waals surface area (Å²) >= 11 is 3.12. The molecule has 0 saturated carbocycles. The van der Waals surface area contributed by atoms with E-state index in [1.54, 1.807) is 6.92 Å². The lowest BCUT2D eigenvalue weighted by molar-refractivity contribution is -0.139. The maximum atomic E-state index is 11.8. The quantitative estimate of drug-likeness (QED) is 0.770. The summed E-state index contributed by atoms with van der Waals surface area (Å²) in [5.74, 6) is -2.97. The molecule has 0 bridgehead atoms. The molecule has 1 N–H and O–H groups in total. The van der Waals surface area contributed by atoms with Crippen molar-refractivity contribution in [2.24, 2.45) is 0 Å². The van der Waals surface area contributed by atoms with Crippen LogP contribution in [0.4, 0.5) is 0 Å². The zero-order valence-corrected chi connectivity index (χ0v) is 13.0. The third-order valence-electron chi connectivity index (χ3n) is 2.32. The molecule has 0 atom stereocenters. The second kappa shape index (κ2) is 6.85. The molecule has 1 aromatic rings. The van der Waals surface area contributed by atoms with E-state index in [1.165, 1.54) is 18.2 Å². The summed E-state index contributed by atoms with van der Waals surface area (Å²) < 4.78 is 28.6. The highest BCUT2D eigenvalue weighted by molar-refractivity contribution is 9.10. The van der Waals surface area contributed by atoms with Gasteiger partial charge in [0.2, 0.25) is 0 Å². The Bertz CT molecular complexity index is 623. The Balaban J connectivity index is 2.87. The fraction of sp³-hybridized carbons (Fsp3) is 0.333. The molecule has 0 saturated heterocycles. The predicted octanol–water partition coefficient (Wildman–Crippen LogP) is 1.63. The molecule has 0 amide bonds. The maximum Gasteiger partial charge on any atom is 0.335 e. The topological polar surface area (TPSA) is 97.7 Å². The highest BCUT2D eigenvalue weighted by Crippen LogP contribution is 2.21. The first-order valence-corrected chi connectivity index (χ1v) is 8.24. The van der Waals surface area contributed by atoms with Gasteiger partial charge in [0.25, 0.3) is 0 Å². The summed E-state index contributed by atoms with van der Waals surface area (Å²) in [5.41, 5.74) is 0.433. The van der Waals surface area contributed by atoms with Crippen LogP contribution >= 0.6 is 15.9 Å². The Morgan fingerprint density at radius 3 is 2.50 bits per heavy atom. The minimum Gasteiger partial charge on any atom is -0.478 e. The van der Waals surface area contributed by atoms with E-state index in [-0.39, 0.29) is 17.9 Å². The third-order valence-corrected chi connectivity index (χ3v) is 4.48. The molecule has 0 spiro atoms. The normalized spacial score (nSPS) is 11.1. The van der Waals surface area contributed by atoms with E-state index in [1.807, 2.05) is 0 Å². The summed E-state index contributed by atoms with van der Waals surface area (Å²) in [5, 5.41) is 8.81. The van der Waals surface area contributed by atoms with Crippen molar-refractivity contribution in [2.75, 3.05) is 12.4 Å². The van der Waals surface area contributed by atoms with Crippen LogP contribution in [0.1, 0.15) is 22.8 Å². The minimum atomic E-state index is -3.66. The van der Waals surface area contributed by atoms with Crippen molar-refractivity contribution in [3.63, 3.8) is 0 Å². The van der Waals surface area contributed by atoms with Gasteiger partial charge in [-0.3, -0.25) is 4.79 Å². The van der Waals surface area contributed by atoms with Gasteiger partial charge in [0.15, 0.2) is 9.84 Å². The molecule has 0 aliphatic carbocycles. The number of carbonyl (C=O) groups is 2. The summed E-state index contributed by atoms with van der Waals surface area (Å²) in [6, 6.07) is 4.02. The van der Waals surface area contributed by atoms with Gasteiger partial charge in [-0.15, -0.1) is 0 Å². The second-order valence-electron chi connectivity index (χ2n) is 3.95. The van der Waals surface area contributed by atoms with Gasteiger partial charge in [-0.2, -0.15) is 0 Å². The molecule has 8 heteroatoms. The third kappa shape index (κ3) is 4.93. The number of halogens is 1. The number of carboxylic acids is 1. The van der Waals surface area contributed by atoms with Crippen molar-refractivity contribution >= 4 is 37.7 Å². The largest absolute Gasteiger partial charge is 0.478 e. The number of sulfone groups is 1. The number of benzene rings is 1. The highest BCUT2D eigenvalue weighted by Gasteiger charge is 2.20. The molecule has 0 aliphatic heterocycles. The van der Waals surface area contributed by atoms with Crippen molar-refractivity contribution in [2.45, 2.75) is 12.7 Å². The monoisotopic (exact) mass is 364 g/mol. The number of hydrogen-bond donors (Lipinski definition) is 1. The van der Waals surface area contributed by atoms with Crippen LogP contribution in [0.2, 0.25) is 0 Å². The first kappa shape index (κ1) is 16.6. The van der Waals surface area contributed by atoms with Crippen LogP contribution in [-0.2, 0) is 25.1 Å². The lowest BCUT2D eigenvalue weighted by Crippen LogP contribution is -2.20. The Kier molecular flexibility index (Phi) is 5.70. The average Bonchev–Trinajstić information content (AvgIpc) is 2.30. The first-order valence-electron chi connectivity index (χ1n) is 5.63. The molecule has 6 nitrogen and oxygen atoms in total. The fourth-order valence-electron chi connectivity index (χ4n) is 1.47. The standard InChI is InChI=1S/C12H13BrO6S/c1-2-19-11(14)7-20(17,18)6-9-4-3-8(12(15)16)5-10(9)13/h3-5H,2,6-7H2,1H3,(H,15,16). The lowest BCUT2D eigenvalue weighted by atomic mass is 10.1. The van der Waals surface area contributed by atoms with Gasteiger partial charge < -0.3 is 9.84 Å². The van der Waals surface area contributed by atoms with Gasteiger partial charge in [0.05, 0.1) is 17.9 Å². The molecule has 0 aromatic heterocycles. The van der Waals surface area contributed by atoms with Gasteiger partial charge >= 0.3 is 11.9 Å². The van der Waals surface area contributed by atoms with Gasteiger partial charge in [-0.25, -0.2) is 13.2 Å². The predicted molar refractivity (Wildman–Crippen MR) is 75.2 cm³/mol.